The number of rotatable bonds is 4. The molecule has 2 aromatic carbocycles. The number of benzene rings is 2. The van der Waals surface area contributed by atoms with Gasteiger partial charge in [0.1, 0.15) is 5.75 Å². The van der Waals surface area contributed by atoms with E-state index in [9.17, 15) is 0 Å². The molecule has 0 saturated carbocycles. The zero-order valence-corrected chi connectivity index (χ0v) is 12.9. The first kappa shape index (κ1) is 14.9. The second-order valence-electron chi connectivity index (χ2n) is 5.24. The molecule has 0 radical (unpaired) electrons. The maximum atomic E-state index is 8.94. The maximum absolute atomic E-state index is 8.94. The molecular weight excluding hydrogens is 260 g/mol. The molecule has 0 aromatic heterocycles. The summed E-state index contributed by atoms with van der Waals surface area (Å²) in [5, 5.41) is 12.4. The van der Waals surface area contributed by atoms with Gasteiger partial charge in [0, 0.05) is 12.1 Å². The molecule has 21 heavy (non-hydrogen) atoms. The third kappa shape index (κ3) is 3.35. The Morgan fingerprint density at radius 2 is 1.86 bits per heavy atom. The average Bonchev–Trinajstić information content (AvgIpc) is 2.50. The highest BCUT2D eigenvalue weighted by Crippen LogP contribution is 2.29. The number of aryl methyl sites for hydroxylation is 2. The lowest BCUT2D eigenvalue weighted by Crippen LogP contribution is -2.08. The van der Waals surface area contributed by atoms with Crippen molar-refractivity contribution < 1.29 is 4.74 Å². The molecule has 3 heteroatoms. The fourth-order valence-electron chi connectivity index (χ4n) is 2.23. The molecule has 0 aliphatic heterocycles. The van der Waals surface area contributed by atoms with E-state index in [1.807, 2.05) is 6.07 Å². The number of anilines is 1. The van der Waals surface area contributed by atoms with Crippen molar-refractivity contribution >= 4 is 5.69 Å². The molecule has 0 fully saturated rings. The van der Waals surface area contributed by atoms with Gasteiger partial charge in [-0.1, -0.05) is 18.2 Å². The zero-order valence-electron chi connectivity index (χ0n) is 12.9. The minimum Gasteiger partial charge on any atom is -0.495 e. The molecule has 0 heterocycles. The Kier molecular flexibility index (Phi) is 4.49. The van der Waals surface area contributed by atoms with Gasteiger partial charge in [-0.15, -0.1) is 0 Å². The smallest absolute Gasteiger partial charge is 0.143 e. The number of nitrogens with one attached hydrogen (secondary N) is 1. The Hall–Kier alpha value is -2.47. The molecule has 0 bridgehead atoms. The van der Waals surface area contributed by atoms with E-state index >= 15 is 0 Å². The Morgan fingerprint density at radius 3 is 2.48 bits per heavy atom. The van der Waals surface area contributed by atoms with Crippen molar-refractivity contribution in [3.8, 4) is 11.8 Å². The fraction of sp³-hybridized carbons (Fsp3) is 0.278. The van der Waals surface area contributed by atoms with E-state index in [2.05, 4.69) is 50.4 Å². The van der Waals surface area contributed by atoms with Gasteiger partial charge in [-0.25, -0.2) is 0 Å². The molecular formula is C18H20N2O. The van der Waals surface area contributed by atoms with Gasteiger partial charge in [-0.05, 0) is 49.6 Å². The third-order valence-corrected chi connectivity index (χ3v) is 3.73. The van der Waals surface area contributed by atoms with Crippen molar-refractivity contribution in [1.29, 1.82) is 5.26 Å². The number of hydrogen-bond donors (Lipinski definition) is 1. The quantitative estimate of drug-likeness (QED) is 0.905. The van der Waals surface area contributed by atoms with Gasteiger partial charge < -0.3 is 10.1 Å². The Balaban J connectivity index is 2.25. The van der Waals surface area contributed by atoms with Gasteiger partial charge in [0.25, 0.3) is 0 Å². The van der Waals surface area contributed by atoms with Crippen LogP contribution in [0.2, 0.25) is 0 Å². The predicted octanol–water partition coefficient (Wildman–Crippen LogP) is 4.36. The van der Waals surface area contributed by atoms with Gasteiger partial charge in [-0.3, -0.25) is 0 Å². The summed E-state index contributed by atoms with van der Waals surface area (Å²) in [5.74, 6) is 0.685. The molecule has 1 unspecified atom stereocenters. The third-order valence-electron chi connectivity index (χ3n) is 3.73. The van der Waals surface area contributed by atoms with E-state index in [0.29, 0.717) is 11.3 Å². The van der Waals surface area contributed by atoms with Crippen LogP contribution < -0.4 is 10.1 Å². The molecule has 1 N–H and O–H groups in total. The summed E-state index contributed by atoms with van der Waals surface area (Å²) in [4.78, 5) is 0. The van der Waals surface area contributed by atoms with E-state index < -0.39 is 0 Å². The summed E-state index contributed by atoms with van der Waals surface area (Å²) in [5.41, 5.74) is 5.29. The SMILES string of the molecule is COc1cc(C#N)ccc1NC(C)c1ccc(C)c(C)c1. The first-order chi connectivity index (χ1) is 10.0. The molecule has 108 valence electrons. The van der Waals surface area contributed by atoms with Gasteiger partial charge in [0.15, 0.2) is 0 Å². The van der Waals surface area contributed by atoms with E-state index in [1.54, 1.807) is 19.2 Å². The molecule has 2 aromatic rings. The van der Waals surface area contributed by atoms with Crippen molar-refractivity contribution in [3.05, 3.63) is 58.7 Å². The van der Waals surface area contributed by atoms with Crippen LogP contribution in [0.25, 0.3) is 0 Å². The number of nitrogens with zero attached hydrogens (tertiary/aromatic N) is 1. The molecule has 1 atom stereocenters. The van der Waals surface area contributed by atoms with E-state index in [1.165, 1.54) is 16.7 Å². The van der Waals surface area contributed by atoms with Crippen molar-refractivity contribution in [2.45, 2.75) is 26.8 Å². The zero-order chi connectivity index (χ0) is 15.4. The fourth-order valence-corrected chi connectivity index (χ4v) is 2.23. The Morgan fingerprint density at radius 1 is 1.10 bits per heavy atom. The lowest BCUT2D eigenvalue weighted by atomic mass is 10.0. The first-order valence-electron chi connectivity index (χ1n) is 6.97. The highest BCUT2D eigenvalue weighted by Gasteiger charge is 2.10. The second kappa shape index (κ2) is 6.32. The van der Waals surface area contributed by atoms with E-state index in [-0.39, 0.29) is 6.04 Å². The highest BCUT2D eigenvalue weighted by molar-refractivity contribution is 5.60. The monoisotopic (exact) mass is 280 g/mol. The van der Waals surface area contributed by atoms with Crippen LogP contribution in [0.1, 0.15) is 35.2 Å². The minimum atomic E-state index is 0.158. The summed E-state index contributed by atoms with van der Waals surface area (Å²) >= 11 is 0. The highest BCUT2D eigenvalue weighted by atomic mass is 16.5. The largest absolute Gasteiger partial charge is 0.495 e. The van der Waals surface area contributed by atoms with Gasteiger partial charge in [-0.2, -0.15) is 5.26 Å². The number of ether oxygens (including phenoxy) is 1. The lowest BCUT2D eigenvalue weighted by Gasteiger charge is -2.19. The summed E-state index contributed by atoms with van der Waals surface area (Å²) in [7, 11) is 1.61. The van der Waals surface area contributed by atoms with Crippen LogP contribution >= 0.6 is 0 Å². The number of nitriles is 1. The molecule has 2 rings (SSSR count). The van der Waals surface area contributed by atoms with Crippen molar-refractivity contribution in [2.75, 3.05) is 12.4 Å². The van der Waals surface area contributed by atoms with Crippen LogP contribution in [0.5, 0.6) is 5.75 Å². The Labute approximate surface area is 126 Å². The number of hydrogen-bond acceptors (Lipinski definition) is 3. The maximum Gasteiger partial charge on any atom is 0.143 e. The summed E-state index contributed by atoms with van der Waals surface area (Å²) in [6.07, 6.45) is 0. The second-order valence-corrected chi connectivity index (χ2v) is 5.24. The predicted molar refractivity (Wildman–Crippen MR) is 85.7 cm³/mol. The van der Waals surface area contributed by atoms with Crippen LogP contribution in [0.4, 0.5) is 5.69 Å². The Bertz CT molecular complexity index is 686. The van der Waals surface area contributed by atoms with Crippen LogP contribution in [-0.2, 0) is 0 Å². The van der Waals surface area contributed by atoms with Crippen LogP contribution in [0.15, 0.2) is 36.4 Å². The normalized spacial score (nSPS) is 11.6. The molecule has 3 nitrogen and oxygen atoms in total. The van der Waals surface area contributed by atoms with E-state index in [4.69, 9.17) is 10.00 Å². The van der Waals surface area contributed by atoms with E-state index in [0.717, 1.165) is 5.69 Å². The van der Waals surface area contributed by atoms with Crippen LogP contribution in [0, 0.1) is 25.2 Å². The van der Waals surface area contributed by atoms with Crippen molar-refractivity contribution in [1.82, 2.24) is 0 Å². The van der Waals surface area contributed by atoms with Gasteiger partial charge in [0.05, 0.1) is 24.4 Å². The lowest BCUT2D eigenvalue weighted by molar-refractivity contribution is 0.416. The minimum absolute atomic E-state index is 0.158. The molecule has 0 aliphatic rings. The standard InChI is InChI=1S/C18H20N2O/c1-12-5-7-16(9-13(12)2)14(3)20-17-8-6-15(11-19)10-18(17)21-4/h5-10,14,20H,1-4H3. The van der Waals surface area contributed by atoms with Gasteiger partial charge in [0.2, 0.25) is 0 Å². The molecule has 0 aliphatic carbocycles. The van der Waals surface area contributed by atoms with Crippen LogP contribution in [-0.4, -0.2) is 7.11 Å². The van der Waals surface area contributed by atoms with Crippen molar-refractivity contribution in [2.24, 2.45) is 0 Å². The molecule has 0 spiro atoms. The van der Waals surface area contributed by atoms with Gasteiger partial charge >= 0.3 is 0 Å². The molecule has 0 amide bonds. The number of methoxy groups -OCH3 is 1. The van der Waals surface area contributed by atoms with Crippen LogP contribution in [0.3, 0.4) is 0 Å². The average molecular weight is 280 g/mol. The first-order valence-corrected chi connectivity index (χ1v) is 6.97. The molecule has 0 saturated heterocycles. The summed E-state index contributed by atoms with van der Waals surface area (Å²) in [6, 6.07) is 14.2. The summed E-state index contributed by atoms with van der Waals surface area (Å²) in [6.45, 7) is 6.34. The summed E-state index contributed by atoms with van der Waals surface area (Å²) < 4.78 is 5.35. The topological polar surface area (TPSA) is 45.0 Å². The van der Waals surface area contributed by atoms with Crippen molar-refractivity contribution in [3.63, 3.8) is 0 Å².